The molecule has 1 atom stereocenters. The smallest absolute Gasteiger partial charge is 0.141 e. The van der Waals surface area contributed by atoms with Crippen LogP contribution in [0.1, 0.15) is 50.4 Å². The molecule has 1 aliphatic carbocycles. The van der Waals surface area contributed by atoms with Crippen LogP contribution in [0.5, 0.6) is 0 Å². The molecule has 194 valence electrons. The highest BCUT2D eigenvalue weighted by Crippen LogP contribution is 2.39. The van der Waals surface area contributed by atoms with Crippen molar-refractivity contribution in [2.75, 3.05) is 17.2 Å². The summed E-state index contributed by atoms with van der Waals surface area (Å²) in [6.45, 7) is 8.73. The van der Waals surface area contributed by atoms with E-state index < -0.39 is 11.3 Å². The maximum atomic E-state index is 14.4. The maximum Gasteiger partial charge on any atom is 0.141 e. The van der Waals surface area contributed by atoms with Crippen molar-refractivity contribution in [2.45, 2.75) is 52.0 Å². The SMILES string of the molecule is [B]C(Nc1cc(Cl)c2ncc(C#N)c(NCC(C)(C)C)c2c1)(C1=CN(C2CC2)NN1)c1cc(F)cnc1C. The zero-order chi connectivity index (χ0) is 27.2. The Bertz CT molecular complexity index is 1480. The van der Waals surface area contributed by atoms with Gasteiger partial charge in [-0.2, -0.15) is 5.26 Å². The van der Waals surface area contributed by atoms with Gasteiger partial charge in [0.25, 0.3) is 0 Å². The summed E-state index contributed by atoms with van der Waals surface area (Å²) in [6, 6.07) is 7.55. The number of halogens is 2. The molecular formula is C27H29BClFN8. The van der Waals surface area contributed by atoms with Gasteiger partial charge in [0, 0.05) is 41.8 Å². The lowest BCUT2D eigenvalue weighted by Gasteiger charge is -2.35. The summed E-state index contributed by atoms with van der Waals surface area (Å²) in [5.41, 5.74) is 8.65. The van der Waals surface area contributed by atoms with Crippen LogP contribution in [-0.4, -0.2) is 35.4 Å². The number of fused-ring (bicyclic) bond motifs is 1. The van der Waals surface area contributed by atoms with Crippen LogP contribution < -0.4 is 21.6 Å². The molecule has 0 saturated heterocycles. The van der Waals surface area contributed by atoms with E-state index in [-0.39, 0.29) is 5.41 Å². The molecule has 2 radical (unpaired) electrons. The molecule has 1 unspecified atom stereocenters. The van der Waals surface area contributed by atoms with Crippen molar-refractivity contribution < 1.29 is 4.39 Å². The lowest BCUT2D eigenvalue weighted by Crippen LogP contribution is -2.46. The van der Waals surface area contributed by atoms with Crippen molar-refractivity contribution in [3.8, 4) is 6.07 Å². The van der Waals surface area contributed by atoms with E-state index in [0.29, 0.717) is 62.4 Å². The van der Waals surface area contributed by atoms with Crippen molar-refractivity contribution in [1.29, 1.82) is 5.26 Å². The fourth-order valence-corrected chi connectivity index (χ4v) is 4.72. The first-order valence-electron chi connectivity index (χ1n) is 12.5. The third kappa shape index (κ3) is 5.09. The molecule has 0 amide bonds. The van der Waals surface area contributed by atoms with Crippen molar-refractivity contribution in [2.24, 2.45) is 5.41 Å². The van der Waals surface area contributed by atoms with Gasteiger partial charge < -0.3 is 16.1 Å². The number of nitrogens with one attached hydrogen (secondary N) is 4. The average Bonchev–Trinajstić information content (AvgIpc) is 3.59. The van der Waals surface area contributed by atoms with Gasteiger partial charge in [0.2, 0.25) is 0 Å². The molecule has 1 aliphatic heterocycles. The van der Waals surface area contributed by atoms with Crippen LogP contribution in [0.3, 0.4) is 0 Å². The molecule has 0 bridgehead atoms. The molecule has 2 aliphatic rings. The third-order valence-electron chi connectivity index (χ3n) is 6.61. The van der Waals surface area contributed by atoms with E-state index >= 15 is 0 Å². The molecule has 1 aromatic carbocycles. The van der Waals surface area contributed by atoms with Gasteiger partial charge >= 0.3 is 0 Å². The Balaban J connectivity index is 1.63. The monoisotopic (exact) mass is 530 g/mol. The van der Waals surface area contributed by atoms with Gasteiger partial charge in [-0.1, -0.05) is 32.4 Å². The standard InChI is InChI=1S/C27H29BClFN8/c1-15-21(7-17(30)12-32-15)27(28,23-13-38(37-36-23)19-5-6-19)35-18-8-20-24(34-14-26(2,3)4)16(10-31)11-33-25(20)22(29)9-18/h7-9,11-13,19,35-37H,5-6,14H2,1-4H3,(H,33,34). The number of aryl methyl sites for hydroxylation is 1. The van der Waals surface area contributed by atoms with Crippen molar-refractivity contribution >= 4 is 41.7 Å². The van der Waals surface area contributed by atoms with Crippen molar-refractivity contribution in [3.05, 3.63) is 70.2 Å². The first-order valence-corrected chi connectivity index (χ1v) is 12.8. The molecular weight excluding hydrogens is 502 g/mol. The lowest BCUT2D eigenvalue weighted by molar-refractivity contribution is 0.260. The quantitative estimate of drug-likeness (QED) is 0.323. The Labute approximate surface area is 228 Å². The molecule has 8 nitrogen and oxygen atoms in total. The van der Waals surface area contributed by atoms with Crippen LogP contribution in [0.25, 0.3) is 10.9 Å². The molecule has 3 aromatic rings. The van der Waals surface area contributed by atoms with E-state index in [4.69, 9.17) is 19.4 Å². The van der Waals surface area contributed by atoms with E-state index in [1.54, 1.807) is 13.0 Å². The normalized spacial score (nSPS) is 17.0. The van der Waals surface area contributed by atoms with E-state index in [2.05, 4.69) is 58.4 Å². The second-order valence-corrected chi connectivity index (χ2v) is 11.5. The zero-order valence-corrected chi connectivity index (χ0v) is 22.5. The highest BCUT2D eigenvalue weighted by Gasteiger charge is 2.39. The van der Waals surface area contributed by atoms with Gasteiger partial charge in [-0.15, -0.1) is 5.53 Å². The number of hydrogen-bond donors (Lipinski definition) is 4. The molecule has 4 N–H and O–H groups in total. The molecule has 1 saturated carbocycles. The average molecular weight is 531 g/mol. The predicted molar refractivity (Wildman–Crippen MR) is 149 cm³/mol. The number of hydrogen-bond acceptors (Lipinski definition) is 8. The number of nitrogens with zero attached hydrogens (tertiary/aromatic N) is 4. The van der Waals surface area contributed by atoms with E-state index in [1.807, 2.05) is 17.3 Å². The summed E-state index contributed by atoms with van der Waals surface area (Å²) in [5.74, 6) is -0.499. The molecule has 2 aromatic heterocycles. The number of pyridine rings is 2. The Morgan fingerprint density at radius 3 is 2.68 bits per heavy atom. The second kappa shape index (κ2) is 9.64. The molecule has 38 heavy (non-hydrogen) atoms. The maximum absolute atomic E-state index is 14.4. The minimum absolute atomic E-state index is 0.0304. The van der Waals surface area contributed by atoms with Gasteiger partial charge in [-0.3, -0.25) is 15.0 Å². The lowest BCUT2D eigenvalue weighted by atomic mass is 9.69. The minimum atomic E-state index is -1.40. The number of anilines is 2. The molecule has 0 spiro atoms. The number of rotatable bonds is 7. The highest BCUT2D eigenvalue weighted by molar-refractivity contribution is 6.36. The van der Waals surface area contributed by atoms with Crippen molar-refractivity contribution in [3.63, 3.8) is 0 Å². The molecule has 3 heterocycles. The summed E-state index contributed by atoms with van der Waals surface area (Å²) >= 11 is 6.71. The van der Waals surface area contributed by atoms with Gasteiger partial charge in [-0.25, -0.2) is 4.39 Å². The van der Waals surface area contributed by atoms with Gasteiger partial charge in [-0.05, 0) is 48.9 Å². The molecule has 1 fully saturated rings. The van der Waals surface area contributed by atoms with Gasteiger partial charge in [0.15, 0.2) is 0 Å². The first kappa shape index (κ1) is 26.1. The summed E-state index contributed by atoms with van der Waals surface area (Å²) in [4.78, 5) is 8.65. The van der Waals surface area contributed by atoms with Crippen LogP contribution >= 0.6 is 11.6 Å². The van der Waals surface area contributed by atoms with Crippen LogP contribution in [0.2, 0.25) is 5.02 Å². The second-order valence-electron chi connectivity index (χ2n) is 11.1. The summed E-state index contributed by atoms with van der Waals surface area (Å²) in [5, 5.41) is 19.6. The van der Waals surface area contributed by atoms with E-state index in [0.717, 1.165) is 12.8 Å². The number of nitriles is 1. The van der Waals surface area contributed by atoms with Gasteiger partial charge in [0.05, 0.1) is 39.1 Å². The van der Waals surface area contributed by atoms with Crippen LogP contribution in [0, 0.1) is 29.5 Å². The Hall–Kier alpha value is -3.55. The topological polar surface area (TPSA) is 101 Å². The zero-order valence-electron chi connectivity index (χ0n) is 21.8. The fourth-order valence-electron chi connectivity index (χ4n) is 4.45. The highest BCUT2D eigenvalue weighted by atomic mass is 35.5. The van der Waals surface area contributed by atoms with Crippen LogP contribution in [0.4, 0.5) is 15.8 Å². The Morgan fingerprint density at radius 1 is 1.24 bits per heavy atom. The fraction of sp³-hybridized carbons (Fsp3) is 0.370. The Morgan fingerprint density at radius 2 is 2.00 bits per heavy atom. The summed E-state index contributed by atoms with van der Waals surface area (Å²) in [7, 11) is 7.07. The Kier molecular flexibility index (Phi) is 6.62. The van der Waals surface area contributed by atoms with Gasteiger partial charge in [0.1, 0.15) is 19.7 Å². The molecule has 11 heteroatoms. The van der Waals surface area contributed by atoms with E-state index in [9.17, 15) is 9.65 Å². The van der Waals surface area contributed by atoms with Crippen LogP contribution in [-0.2, 0) is 5.44 Å². The summed E-state index contributed by atoms with van der Waals surface area (Å²) < 4.78 is 14.4. The van der Waals surface area contributed by atoms with Crippen molar-refractivity contribution in [1.82, 2.24) is 25.9 Å². The van der Waals surface area contributed by atoms with E-state index in [1.165, 1.54) is 18.5 Å². The number of benzene rings is 1. The summed E-state index contributed by atoms with van der Waals surface area (Å²) in [6.07, 6.45) is 6.72. The molecule has 5 rings (SSSR count). The third-order valence-corrected chi connectivity index (χ3v) is 6.90. The van der Waals surface area contributed by atoms with Crippen LogP contribution in [0.15, 0.2) is 42.5 Å². The largest absolute Gasteiger partial charge is 0.383 e. The number of hydrazine groups is 2. The number of aromatic nitrogens is 2. The minimum Gasteiger partial charge on any atom is -0.383 e. The first-order chi connectivity index (χ1) is 18.0. The predicted octanol–water partition coefficient (Wildman–Crippen LogP) is 4.82.